The Kier molecular flexibility index (Phi) is 3.16. The summed E-state index contributed by atoms with van der Waals surface area (Å²) >= 11 is 0. The number of H-pyrrole nitrogens is 1. The highest BCUT2D eigenvalue weighted by Crippen LogP contribution is 2.32. The van der Waals surface area contributed by atoms with Crippen LogP contribution >= 0.6 is 0 Å². The predicted octanol–water partition coefficient (Wildman–Crippen LogP) is 1.74. The van der Waals surface area contributed by atoms with Gasteiger partial charge in [-0.25, -0.2) is 0 Å². The van der Waals surface area contributed by atoms with E-state index in [0.29, 0.717) is 22.3 Å². The zero-order chi connectivity index (χ0) is 14.2. The van der Waals surface area contributed by atoms with Crippen molar-refractivity contribution in [3.63, 3.8) is 0 Å². The number of aromatic nitrogens is 1. The van der Waals surface area contributed by atoms with Crippen LogP contribution < -0.4 is 4.74 Å². The lowest BCUT2D eigenvalue weighted by Crippen LogP contribution is -2.21. The van der Waals surface area contributed by atoms with Crippen LogP contribution in [0.1, 0.15) is 17.2 Å². The normalized spacial score (nSPS) is 10.9. The number of fused-ring (bicyclic) bond motifs is 1. The number of aliphatic carboxylic acids is 2. The van der Waals surface area contributed by atoms with E-state index in [9.17, 15) is 9.59 Å². The van der Waals surface area contributed by atoms with E-state index in [1.807, 2.05) is 0 Å². The standard InChI is InChI=1S/C13H13NO5/c1-6-10(11(12(15)16)13(17)18)8-5-7(19-2)3-4-9(8)14-6/h3-5,11,14H,1-2H3,(H,15,16)(H,17,18). The fraction of sp³-hybridized carbons (Fsp3) is 0.231. The first-order valence-electron chi connectivity index (χ1n) is 5.57. The molecule has 100 valence electrons. The molecule has 0 fully saturated rings. The van der Waals surface area contributed by atoms with Crippen LogP contribution in [-0.4, -0.2) is 34.2 Å². The Balaban J connectivity index is 2.73. The van der Waals surface area contributed by atoms with E-state index in [1.165, 1.54) is 7.11 Å². The Bertz CT molecular complexity index is 644. The van der Waals surface area contributed by atoms with Crippen LogP contribution in [0.4, 0.5) is 0 Å². The van der Waals surface area contributed by atoms with E-state index in [1.54, 1.807) is 25.1 Å². The van der Waals surface area contributed by atoms with Gasteiger partial charge in [0.2, 0.25) is 0 Å². The van der Waals surface area contributed by atoms with E-state index >= 15 is 0 Å². The molecule has 0 atom stereocenters. The highest BCUT2D eigenvalue weighted by atomic mass is 16.5. The number of hydrogen-bond acceptors (Lipinski definition) is 3. The van der Waals surface area contributed by atoms with Crippen molar-refractivity contribution in [3.05, 3.63) is 29.5 Å². The lowest BCUT2D eigenvalue weighted by molar-refractivity contribution is -0.150. The number of aromatic amines is 1. The molecule has 19 heavy (non-hydrogen) atoms. The molecule has 0 amide bonds. The van der Waals surface area contributed by atoms with E-state index in [0.717, 1.165) is 0 Å². The number of benzene rings is 1. The molecule has 0 aliphatic rings. The number of aryl methyl sites for hydroxylation is 1. The summed E-state index contributed by atoms with van der Waals surface area (Å²) in [6, 6.07) is 5.08. The van der Waals surface area contributed by atoms with Gasteiger partial charge in [-0.05, 0) is 25.1 Å². The Labute approximate surface area is 108 Å². The predicted molar refractivity (Wildman–Crippen MR) is 67.6 cm³/mol. The largest absolute Gasteiger partial charge is 0.497 e. The number of methoxy groups -OCH3 is 1. The van der Waals surface area contributed by atoms with Crippen molar-refractivity contribution in [1.29, 1.82) is 0 Å². The molecule has 6 nitrogen and oxygen atoms in total. The van der Waals surface area contributed by atoms with E-state index < -0.39 is 17.9 Å². The van der Waals surface area contributed by atoms with Crippen LogP contribution in [0, 0.1) is 6.92 Å². The Hall–Kier alpha value is -2.50. The highest BCUT2D eigenvalue weighted by molar-refractivity contribution is 6.04. The van der Waals surface area contributed by atoms with Gasteiger partial charge in [-0.15, -0.1) is 0 Å². The molecule has 2 aromatic rings. The molecule has 3 N–H and O–H groups in total. The molecule has 0 radical (unpaired) electrons. The Morgan fingerprint density at radius 1 is 1.26 bits per heavy atom. The van der Waals surface area contributed by atoms with Crippen molar-refractivity contribution in [2.45, 2.75) is 12.8 Å². The third-order valence-electron chi connectivity index (χ3n) is 3.03. The number of carboxylic acid groups (broad SMARTS) is 2. The molecule has 0 unspecified atom stereocenters. The molecule has 6 heteroatoms. The molecule has 0 aliphatic heterocycles. The Morgan fingerprint density at radius 2 is 1.89 bits per heavy atom. The fourth-order valence-corrected chi connectivity index (χ4v) is 2.18. The second kappa shape index (κ2) is 4.64. The van der Waals surface area contributed by atoms with Crippen LogP contribution in [0.5, 0.6) is 5.75 Å². The first kappa shape index (κ1) is 12.9. The van der Waals surface area contributed by atoms with Gasteiger partial charge in [-0.2, -0.15) is 0 Å². The molecule has 0 saturated carbocycles. The van der Waals surface area contributed by atoms with Crippen molar-refractivity contribution in [2.24, 2.45) is 0 Å². The lowest BCUT2D eigenvalue weighted by Gasteiger charge is -2.08. The third-order valence-corrected chi connectivity index (χ3v) is 3.03. The average Bonchev–Trinajstić information content (AvgIpc) is 2.65. The molecule has 0 spiro atoms. The van der Waals surface area contributed by atoms with Crippen LogP contribution in [0.3, 0.4) is 0 Å². The van der Waals surface area contributed by atoms with Crippen molar-refractivity contribution in [3.8, 4) is 5.75 Å². The summed E-state index contributed by atoms with van der Waals surface area (Å²) in [6.07, 6.45) is 0. The van der Waals surface area contributed by atoms with Crippen LogP contribution in [0.15, 0.2) is 18.2 Å². The minimum atomic E-state index is -1.60. The summed E-state index contributed by atoms with van der Waals surface area (Å²) in [5.41, 5.74) is 1.47. The van der Waals surface area contributed by atoms with Crippen molar-refractivity contribution in [1.82, 2.24) is 4.98 Å². The number of ether oxygens (including phenoxy) is 1. The van der Waals surface area contributed by atoms with Gasteiger partial charge in [0.15, 0.2) is 5.92 Å². The van der Waals surface area contributed by atoms with Crippen LogP contribution in [0.25, 0.3) is 10.9 Å². The summed E-state index contributed by atoms with van der Waals surface area (Å²) in [7, 11) is 1.49. The highest BCUT2D eigenvalue weighted by Gasteiger charge is 2.32. The molecule has 0 bridgehead atoms. The zero-order valence-electron chi connectivity index (χ0n) is 10.4. The molecule has 1 aromatic carbocycles. The second-order valence-corrected chi connectivity index (χ2v) is 4.18. The molecule has 1 aromatic heterocycles. The molecule has 1 heterocycles. The zero-order valence-corrected chi connectivity index (χ0v) is 10.4. The monoisotopic (exact) mass is 263 g/mol. The van der Waals surface area contributed by atoms with Crippen molar-refractivity contribution >= 4 is 22.8 Å². The molecule has 0 aliphatic carbocycles. The molecular formula is C13H13NO5. The summed E-state index contributed by atoms with van der Waals surface area (Å²) in [4.78, 5) is 25.3. The maximum atomic E-state index is 11.2. The number of rotatable bonds is 4. The van der Waals surface area contributed by atoms with Crippen molar-refractivity contribution in [2.75, 3.05) is 7.11 Å². The van der Waals surface area contributed by atoms with Gasteiger partial charge in [0, 0.05) is 22.2 Å². The summed E-state index contributed by atoms with van der Waals surface area (Å²) < 4.78 is 5.08. The van der Waals surface area contributed by atoms with Gasteiger partial charge in [-0.3, -0.25) is 9.59 Å². The molecule has 2 rings (SSSR count). The third kappa shape index (κ3) is 2.12. The molecular weight excluding hydrogens is 250 g/mol. The molecule has 0 saturated heterocycles. The van der Waals surface area contributed by atoms with Gasteiger partial charge in [-0.1, -0.05) is 0 Å². The minimum absolute atomic E-state index is 0.258. The number of nitrogens with one attached hydrogen (secondary N) is 1. The smallest absolute Gasteiger partial charge is 0.322 e. The van der Waals surface area contributed by atoms with E-state index in [4.69, 9.17) is 14.9 Å². The van der Waals surface area contributed by atoms with Crippen molar-refractivity contribution < 1.29 is 24.5 Å². The van der Waals surface area contributed by atoms with Gasteiger partial charge in [0.05, 0.1) is 7.11 Å². The number of carbonyl (C=O) groups is 2. The first-order valence-corrected chi connectivity index (χ1v) is 5.57. The van der Waals surface area contributed by atoms with Gasteiger partial charge < -0.3 is 19.9 Å². The fourth-order valence-electron chi connectivity index (χ4n) is 2.18. The lowest BCUT2D eigenvalue weighted by atomic mass is 9.96. The topological polar surface area (TPSA) is 99.6 Å². The average molecular weight is 263 g/mol. The van der Waals surface area contributed by atoms with Crippen LogP contribution in [0.2, 0.25) is 0 Å². The maximum Gasteiger partial charge on any atom is 0.322 e. The van der Waals surface area contributed by atoms with E-state index in [2.05, 4.69) is 4.98 Å². The summed E-state index contributed by atoms with van der Waals surface area (Å²) in [6.45, 7) is 1.65. The number of carboxylic acids is 2. The number of hydrogen-bond donors (Lipinski definition) is 3. The quantitative estimate of drug-likeness (QED) is 0.729. The van der Waals surface area contributed by atoms with Gasteiger partial charge in [0.25, 0.3) is 0 Å². The summed E-state index contributed by atoms with van der Waals surface area (Å²) in [5.74, 6) is -3.83. The summed E-state index contributed by atoms with van der Waals surface area (Å²) in [5, 5.41) is 18.7. The maximum absolute atomic E-state index is 11.2. The SMILES string of the molecule is COc1ccc2[nH]c(C)c(C(C(=O)O)C(=O)O)c2c1. The second-order valence-electron chi connectivity index (χ2n) is 4.18. The van der Waals surface area contributed by atoms with Gasteiger partial charge in [0.1, 0.15) is 5.75 Å². The van der Waals surface area contributed by atoms with Crippen LogP contribution in [-0.2, 0) is 9.59 Å². The van der Waals surface area contributed by atoms with Gasteiger partial charge >= 0.3 is 11.9 Å². The van der Waals surface area contributed by atoms with E-state index in [-0.39, 0.29) is 5.56 Å². The minimum Gasteiger partial charge on any atom is -0.497 e. The first-order chi connectivity index (χ1) is 8.95. The Morgan fingerprint density at radius 3 is 2.42 bits per heavy atom.